The van der Waals surface area contributed by atoms with Crippen molar-refractivity contribution in [3.05, 3.63) is 68.7 Å². The Labute approximate surface area is 129 Å². The zero-order valence-corrected chi connectivity index (χ0v) is 11.7. The third-order valence-corrected chi connectivity index (χ3v) is 3.01. The molecule has 0 bridgehead atoms. The standard InChI is InChI=1S/C14H9ClN2O5/c15-9-3-1-2-8(6-9)13(18)16-12-5-4-10(17(21)22)7-11(12)14(19)20/h1-7H,(H,16,18)(H,19,20). The van der Waals surface area contributed by atoms with Gasteiger partial charge in [-0.15, -0.1) is 0 Å². The Morgan fingerprint density at radius 2 is 1.91 bits per heavy atom. The van der Waals surface area contributed by atoms with Crippen LogP contribution in [0.2, 0.25) is 5.02 Å². The predicted octanol–water partition coefficient (Wildman–Crippen LogP) is 3.20. The minimum Gasteiger partial charge on any atom is -0.478 e. The summed E-state index contributed by atoms with van der Waals surface area (Å²) in [7, 11) is 0. The molecule has 2 aromatic carbocycles. The number of carboxylic acids is 1. The predicted molar refractivity (Wildman–Crippen MR) is 79.5 cm³/mol. The number of aromatic carboxylic acids is 1. The van der Waals surface area contributed by atoms with Gasteiger partial charge in [-0.3, -0.25) is 14.9 Å². The first-order valence-electron chi connectivity index (χ1n) is 5.97. The first-order chi connectivity index (χ1) is 10.4. The average Bonchev–Trinajstić information content (AvgIpc) is 2.47. The Kier molecular flexibility index (Phi) is 4.38. The number of carboxylic acid groups (broad SMARTS) is 1. The highest BCUT2D eigenvalue weighted by atomic mass is 35.5. The molecule has 2 rings (SSSR count). The molecule has 0 heterocycles. The van der Waals surface area contributed by atoms with Crippen molar-refractivity contribution >= 4 is 34.9 Å². The lowest BCUT2D eigenvalue weighted by atomic mass is 10.1. The number of nitrogens with one attached hydrogen (secondary N) is 1. The van der Waals surface area contributed by atoms with Gasteiger partial charge in [-0.05, 0) is 24.3 Å². The van der Waals surface area contributed by atoms with E-state index >= 15 is 0 Å². The molecule has 0 saturated heterocycles. The van der Waals surface area contributed by atoms with Crippen LogP contribution < -0.4 is 5.32 Å². The number of rotatable bonds is 4. The number of anilines is 1. The second-order valence-corrected chi connectivity index (χ2v) is 4.69. The summed E-state index contributed by atoms with van der Waals surface area (Å²) in [4.78, 5) is 33.2. The molecule has 0 aliphatic rings. The minimum atomic E-state index is -1.38. The van der Waals surface area contributed by atoms with Gasteiger partial charge in [0.15, 0.2) is 0 Å². The molecular weight excluding hydrogens is 312 g/mol. The Morgan fingerprint density at radius 1 is 1.18 bits per heavy atom. The summed E-state index contributed by atoms with van der Waals surface area (Å²) in [6.07, 6.45) is 0. The number of amides is 1. The summed E-state index contributed by atoms with van der Waals surface area (Å²) < 4.78 is 0. The second kappa shape index (κ2) is 6.23. The molecule has 0 aliphatic carbocycles. The van der Waals surface area contributed by atoms with Crippen LogP contribution in [0.1, 0.15) is 20.7 Å². The van der Waals surface area contributed by atoms with Crippen LogP contribution in [-0.4, -0.2) is 21.9 Å². The van der Waals surface area contributed by atoms with Crippen molar-refractivity contribution in [1.29, 1.82) is 0 Å². The quantitative estimate of drug-likeness (QED) is 0.664. The molecule has 0 unspecified atom stereocenters. The molecule has 0 radical (unpaired) electrons. The van der Waals surface area contributed by atoms with E-state index in [2.05, 4.69) is 5.32 Å². The Hall–Kier alpha value is -2.93. The molecule has 1 amide bonds. The van der Waals surface area contributed by atoms with E-state index in [0.717, 1.165) is 12.1 Å². The Bertz CT molecular complexity index is 776. The Morgan fingerprint density at radius 3 is 2.50 bits per heavy atom. The number of halogens is 1. The first kappa shape index (κ1) is 15.5. The van der Waals surface area contributed by atoms with Gasteiger partial charge in [0.1, 0.15) is 0 Å². The monoisotopic (exact) mass is 320 g/mol. The minimum absolute atomic E-state index is 0.0388. The van der Waals surface area contributed by atoms with E-state index < -0.39 is 16.8 Å². The van der Waals surface area contributed by atoms with E-state index in [-0.39, 0.29) is 22.5 Å². The van der Waals surface area contributed by atoms with Gasteiger partial charge in [-0.1, -0.05) is 17.7 Å². The fourth-order valence-electron chi connectivity index (χ4n) is 1.76. The third kappa shape index (κ3) is 3.39. The van der Waals surface area contributed by atoms with Crippen LogP contribution in [0.4, 0.5) is 11.4 Å². The van der Waals surface area contributed by atoms with Gasteiger partial charge in [0.25, 0.3) is 11.6 Å². The maximum Gasteiger partial charge on any atom is 0.338 e. The lowest BCUT2D eigenvalue weighted by Crippen LogP contribution is -2.15. The molecular formula is C14H9ClN2O5. The number of benzene rings is 2. The molecule has 8 heteroatoms. The number of hydrogen-bond donors (Lipinski definition) is 2. The molecule has 0 aromatic heterocycles. The molecule has 0 fully saturated rings. The van der Waals surface area contributed by atoms with Gasteiger partial charge in [0.2, 0.25) is 0 Å². The molecule has 0 saturated carbocycles. The number of nitro benzene ring substituents is 1. The lowest BCUT2D eigenvalue weighted by molar-refractivity contribution is -0.384. The molecule has 0 spiro atoms. The van der Waals surface area contributed by atoms with Crippen LogP contribution >= 0.6 is 11.6 Å². The molecule has 2 aromatic rings. The average molecular weight is 321 g/mol. The number of hydrogen-bond acceptors (Lipinski definition) is 4. The van der Waals surface area contributed by atoms with Gasteiger partial charge >= 0.3 is 5.97 Å². The zero-order chi connectivity index (χ0) is 16.3. The SMILES string of the molecule is O=C(Nc1ccc([N+](=O)[O-])cc1C(=O)O)c1cccc(Cl)c1. The number of carbonyl (C=O) groups excluding carboxylic acids is 1. The number of nitrogens with zero attached hydrogens (tertiary/aromatic N) is 1. The second-order valence-electron chi connectivity index (χ2n) is 4.26. The van der Waals surface area contributed by atoms with Crippen LogP contribution in [0.15, 0.2) is 42.5 Å². The van der Waals surface area contributed by atoms with Crippen LogP contribution in [-0.2, 0) is 0 Å². The van der Waals surface area contributed by atoms with Gasteiger partial charge in [-0.25, -0.2) is 4.79 Å². The van der Waals surface area contributed by atoms with Crippen LogP contribution in [0.25, 0.3) is 0 Å². The van der Waals surface area contributed by atoms with Crippen LogP contribution in [0.5, 0.6) is 0 Å². The largest absolute Gasteiger partial charge is 0.478 e. The summed E-state index contributed by atoms with van der Waals surface area (Å²) in [5.74, 6) is -1.95. The van der Waals surface area contributed by atoms with Gasteiger partial charge < -0.3 is 10.4 Å². The maximum absolute atomic E-state index is 12.1. The number of nitro groups is 1. The summed E-state index contributed by atoms with van der Waals surface area (Å²) >= 11 is 5.78. The van der Waals surface area contributed by atoms with E-state index in [9.17, 15) is 19.7 Å². The number of carbonyl (C=O) groups is 2. The normalized spacial score (nSPS) is 10.0. The molecule has 2 N–H and O–H groups in total. The van der Waals surface area contributed by atoms with E-state index in [0.29, 0.717) is 5.02 Å². The Balaban J connectivity index is 2.34. The van der Waals surface area contributed by atoms with Crippen molar-refractivity contribution in [3.8, 4) is 0 Å². The fourth-order valence-corrected chi connectivity index (χ4v) is 1.95. The zero-order valence-electron chi connectivity index (χ0n) is 10.9. The summed E-state index contributed by atoms with van der Waals surface area (Å²) in [6, 6.07) is 9.26. The summed E-state index contributed by atoms with van der Waals surface area (Å²) in [6.45, 7) is 0. The molecule has 0 aliphatic heterocycles. The molecule has 7 nitrogen and oxygen atoms in total. The van der Waals surface area contributed by atoms with Crippen molar-refractivity contribution in [2.45, 2.75) is 0 Å². The topological polar surface area (TPSA) is 110 Å². The number of non-ortho nitro benzene ring substituents is 1. The van der Waals surface area contributed by atoms with Crippen molar-refractivity contribution in [1.82, 2.24) is 0 Å². The van der Waals surface area contributed by atoms with E-state index in [1.165, 1.54) is 18.2 Å². The third-order valence-electron chi connectivity index (χ3n) is 2.78. The van der Waals surface area contributed by atoms with Crippen molar-refractivity contribution in [2.75, 3.05) is 5.32 Å². The fraction of sp³-hybridized carbons (Fsp3) is 0. The van der Waals surface area contributed by atoms with Crippen LogP contribution in [0, 0.1) is 10.1 Å². The van der Waals surface area contributed by atoms with Crippen molar-refractivity contribution < 1.29 is 19.6 Å². The van der Waals surface area contributed by atoms with E-state index in [4.69, 9.17) is 16.7 Å². The van der Waals surface area contributed by atoms with E-state index in [1.807, 2.05) is 0 Å². The van der Waals surface area contributed by atoms with Crippen molar-refractivity contribution in [2.24, 2.45) is 0 Å². The van der Waals surface area contributed by atoms with Crippen molar-refractivity contribution in [3.63, 3.8) is 0 Å². The van der Waals surface area contributed by atoms with Crippen LogP contribution in [0.3, 0.4) is 0 Å². The summed E-state index contributed by atoms with van der Waals surface area (Å²) in [5.41, 5.74) is -0.548. The van der Waals surface area contributed by atoms with E-state index in [1.54, 1.807) is 12.1 Å². The molecule has 22 heavy (non-hydrogen) atoms. The van der Waals surface area contributed by atoms with Gasteiger partial charge in [-0.2, -0.15) is 0 Å². The highest BCUT2D eigenvalue weighted by molar-refractivity contribution is 6.31. The highest BCUT2D eigenvalue weighted by Gasteiger charge is 2.18. The van der Waals surface area contributed by atoms with Gasteiger partial charge in [0.05, 0.1) is 16.2 Å². The molecule has 0 atom stereocenters. The first-order valence-corrected chi connectivity index (χ1v) is 6.35. The smallest absolute Gasteiger partial charge is 0.338 e. The lowest BCUT2D eigenvalue weighted by Gasteiger charge is -2.08. The van der Waals surface area contributed by atoms with Gasteiger partial charge in [0, 0.05) is 22.7 Å². The summed E-state index contributed by atoms with van der Waals surface area (Å²) in [5, 5.41) is 22.5. The maximum atomic E-state index is 12.1. The molecule has 112 valence electrons. The highest BCUT2D eigenvalue weighted by Crippen LogP contribution is 2.23.